The average molecular weight is 242 g/mol. The third-order valence-corrected chi connectivity index (χ3v) is 3.26. The van der Waals surface area contributed by atoms with Crippen LogP contribution in [-0.2, 0) is 4.79 Å². The quantitative estimate of drug-likeness (QED) is 0.799. The predicted molar refractivity (Wildman–Crippen MR) is 64.9 cm³/mol. The van der Waals surface area contributed by atoms with E-state index in [0.717, 1.165) is 32.1 Å². The molecule has 0 radical (unpaired) electrons. The van der Waals surface area contributed by atoms with E-state index in [-0.39, 0.29) is 18.6 Å². The summed E-state index contributed by atoms with van der Waals surface area (Å²) in [6.45, 7) is 2.24. The number of carboxylic acid groups (broad SMARTS) is 1. The molecular weight excluding hydrogens is 220 g/mol. The van der Waals surface area contributed by atoms with Crippen LogP contribution in [0.4, 0.5) is 4.79 Å². The molecule has 0 bridgehead atoms. The Balaban J connectivity index is 2.58. The van der Waals surface area contributed by atoms with Gasteiger partial charge in [-0.3, -0.25) is 4.79 Å². The molecule has 1 aliphatic rings. The molecule has 5 heteroatoms. The summed E-state index contributed by atoms with van der Waals surface area (Å²) in [4.78, 5) is 26.0. The van der Waals surface area contributed by atoms with Crippen molar-refractivity contribution in [2.24, 2.45) is 0 Å². The van der Waals surface area contributed by atoms with Crippen molar-refractivity contribution in [3.63, 3.8) is 0 Å². The van der Waals surface area contributed by atoms with Crippen LogP contribution in [0.25, 0.3) is 0 Å². The molecule has 1 aliphatic carbocycles. The third kappa shape index (κ3) is 3.91. The highest BCUT2D eigenvalue weighted by molar-refractivity contribution is 5.80. The summed E-state index contributed by atoms with van der Waals surface area (Å²) in [5.41, 5.74) is 0. The predicted octanol–water partition coefficient (Wildman–Crippen LogP) is 1.78. The van der Waals surface area contributed by atoms with Gasteiger partial charge < -0.3 is 14.9 Å². The van der Waals surface area contributed by atoms with Crippen molar-refractivity contribution < 1.29 is 14.7 Å². The first-order chi connectivity index (χ1) is 8.06. The van der Waals surface area contributed by atoms with Crippen molar-refractivity contribution in [1.82, 2.24) is 9.80 Å². The average Bonchev–Trinajstić information content (AvgIpc) is 2.79. The van der Waals surface area contributed by atoms with E-state index in [2.05, 4.69) is 0 Å². The van der Waals surface area contributed by atoms with E-state index < -0.39 is 5.97 Å². The Morgan fingerprint density at radius 2 is 1.88 bits per heavy atom. The molecule has 0 aliphatic heterocycles. The normalized spacial score (nSPS) is 15.9. The van der Waals surface area contributed by atoms with E-state index >= 15 is 0 Å². The molecule has 0 aromatic rings. The van der Waals surface area contributed by atoms with Gasteiger partial charge in [0, 0.05) is 19.6 Å². The van der Waals surface area contributed by atoms with Crippen molar-refractivity contribution in [3.05, 3.63) is 0 Å². The van der Waals surface area contributed by atoms with Crippen LogP contribution in [0.3, 0.4) is 0 Å². The maximum absolute atomic E-state index is 12.1. The second-order valence-corrected chi connectivity index (χ2v) is 4.65. The molecular formula is C12H22N2O3. The Bertz CT molecular complexity index is 275. The summed E-state index contributed by atoms with van der Waals surface area (Å²) in [6.07, 6.45) is 5.17. The first kappa shape index (κ1) is 13.8. The van der Waals surface area contributed by atoms with E-state index in [9.17, 15) is 9.59 Å². The molecule has 0 saturated heterocycles. The van der Waals surface area contributed by atoms with Crippen molar-refractivity contribution in [1.29, 1.82) is 0 Å². The van der Waals surface area contributed by atoms with E-state index in [1.165, 1.54) is 4.90 Å². The molecule has 0 unspecified atom stereocenters. The van der Waals surface area contributed by atoms with Crippen LogP contribution in [0.15, 0.2) is 0 Å². The van der Waals surface area contributed by atoms with Gasteiger partial charge in [-0.2, -0.15) is 0 Å². The Morgan fingerprint density at radius 1 is 1.29 bits per heavy atom. The monoisotopic (exact) mass is 242 g/mol. The lowest BCUT2D eigenvalue weighted by Crippen LogP contribution is -2.47. The molecule has 1 saturated carbocycles. The first-order valence-electron chi connectivity index (χ1n) is 6.29. The van der Waals surface area contributed by atoms with Crippen LogP contribution >= 0.6 is 0 Å². The number of carboxylic acids is 1. The number of nitrogens with zero attached hydrogens (tertiary/aromatic N) is 2. The number of carbonyl (C=O) groups is 2. The number of hydrogen-bond donors (Lipinski definition) is 1. The molecule has 98 valence electrons. The Kier molecular flexibility index (Phi) is 5.25. The van der Waals surface area contributed by atoms with Crippen LogP contribution in [0.2, 0.25) is 0 Å². The molecule has 1 fully saturated rings. The number of aliphatic carboxylic acids is 1. The minimum atomic E-state index is -0.952. The van der Waals surface area contributed by atoms with Gasteiger partial charge in [-0.15, -0.1) is 0 Å². The van der Waals surface area contributed by atoms with Crippen molar-refractivity contribution in [2.75, 3.05) is 20.1 Å². The maximum Gasteiger partial charge on any atom is 0.323 e. The number of urea groups is 1. The second-order valence-electron chi connectivity index (χ2n) is 4.65. The van der Waals surface area contributed by atoms with Crippen LogP contribution in [0.1, 0.15) is 39.0 Å². The third-order valence-electron chi connectivity index (χ3n) is 3.26. The Morgan fingerprint density at radius 3 is 2.35 bits per heavy atom. The zero-order chi connectivity index (χ0) is 12.8. The van der Waals surface area contributed by atoms with Gasteiger partial charge >= 0.3 is 12.0 Å². The summed E-state index contributed by atoms with van der Waals surface area (Å²) in [6, 6.07) is 0.136. The zero-order valence-electron chi connectivity index (χ0n) is 10.7. The molecule has 0 aromatic carbocycles. The Labute approximate surface area is 102 Å². The topological polar surface area (TPSA) is 60.9 Å². The van der Waals surface area contributed by atoms with Gasteiger partial charge in [-0.1, -0.05) is 19.8 Å². The molecule has 0 atom stereocenters. The van der Waals surface area contributed by atoms with Crippen LogP contribution in [0, 0.1) is 0 Å². The lowest BCUT2D eigenvalue weighted by atomic mass is 10.2. The molecule has 0 aromatic heterocycles. The summed E-state index contributed by atoms with van der Waals surface area (Å²) >= 11 is 0. The highest BCUT2D eigenvalue weighted by Gasteiger charge is 2.27. The van der Waals surface area contributed by atoms with Crippen molar-refractivity contribution >= 4 is 12.0 Å². The van der Waals surface area contributed by atoms with E-state index in [1.807, 2.05) is 6.92 Å². The van der Waals surface area contributed by atoms with Gasteiger partial charge in [-0.05, 0) is 19.3 Å². The summed E-state index contributed by atoms with van der Waals surface area (Å²) in [7, 11) is 1.78. The fourth-order valence-corrected chi connectivity index (χ4v) is 2.35. The largest absolute Gasteiger partial charge is 0.480 e. The fraction of sp³-hybridized carbons (Fsp3) is 0.833. The van der Waals surface area contributed by atoms with Crippen LogP contribution in [0.5, 0.6) is 0 Å². The SMILES string of the molecule is CCCN(CC(=O)O)C(=O)N(C)C1CCCC1. The molecule has 0 heterocycles. The van der Waals surface area contributed by atoms with Crippen LogP contribution in [-0.4, -0.2) is 53.1 Å². The molecule has 17 heavy (non-hydrogen) atoms. The standard InChI is InChI=1S/C12H22N2O3/c1-3-8-14(9-11(15)16)12(17)13(2)10-6-4-5-7-10/h10H,3-9H2,1-2H3,(H,15,16). The lowest BCUT2D eigenvalue weighted by Gasteiger charge is -2.30. The Hall–Kier alpha value is -1.26. The fourth-order valence-electron chi connectivity index (χ4n) is 2.35. The number of hydrogen-bond acceptors (Lipinski definition) is 2. The highest BCUT2D eigenvalue weighted by Crippen LogP contribution is 2.23. The van der Waals surface area contributed by atoms with Gasteiger partial charge in [0.05, 0.1) is 0 Å². The van der Waals surface area contributed by atoms with E-state index in [4.69, 9.17) is 5.11 Å². The van der Waals surface area contributed by atoms with E-state index in [0.29, 0.717) is 6.54 Å². The van der Waals surface area contributed by atoms with Gasteiger partial charge in [0.15, 0.2) is 0 Å². The van der Waals surface area contributed by atoms with Gasteiger partial charge in [0.25, 0.3) is 0 Å². The molecule has 2 amide bonds. The first-order valence-corrected chi connectivity index (χ1v) is 6.29. The van der Waals surface area contributed by atoms with Gasteiger partial charge in [0.1, 0.15) is 6.54 Å². The smallest absolute Gasteiger partial charge is 0.323 e. The summed E-state index contributed by atoms with van der Waals surface area (Å²) in [5, 5.41) is 8.79. The van der Waals surface area contributed by atoms with Gasteiger partial charge in [-0.25, -0.2) is 4.79 Å². The maximum atomic E-state index is 12.1. The molecule has 5 nitrogen and oxygen atoms in total. The number of carbonyl (C=O) groups excluding carboxylic acids is 1. The van der Waals surface area contributed by atoms with Crippen molar-refractivity contribution in [3.8, 4) is 0 Å². The van der Waals surface area contributed by atoms with Gasteiger partial charge in [0.2, 0.25) is 0 Å². The lowest BCUT2D eigenvalue weighted by molar-refractivity contribution is -0.137. The summed E-state index contributed by atoms with van der Waals surface area (Å²) in [5.74, 6) is -0.952. The molecule has 1 rings (SSSR count). The minimum absolute atomic E-state index is 0.152. The minimum Gasteiger partial charge on any atom is -0.480 e. The molecule has 0 spiro atoms. The van der Waals surface area contributed by atoms with E-state index in [1.54, 1.807) is 11.9 Å². The number of amides is 2. The molecule has 1 N–H and O–H groups in total. The zero-order valence-corrected chi connectivity index (χ0v) is 10.7. The second kappa shape index (κ2) is 6.47. The number of rotatable bonds is 5. The summed E-state index contributed by atoms with van der Waals surface area (Å²) < 4.78 is 0. The highest BCUT2D eigenvalue weighted by atomic mass is 16.4. The van der Waals surface area contributed by atoms with Crippen molar-refractivity contribution in [2.45, 2.75) is 45.1 Å². The van der Waals surface area contributed by atoms with Crippen LogP contribution < -0.4 is 0 Å².